The van der Waals surface area contributed by atoms with Crippen LogP contribution in [0.2, 0.25) is 0 Å². The van der Waals surface area contributed by atoms with Crippen molar-refractivity contribution in [3.63, 3.8) is 0 Å². The van der Waals surface area contributed by atoms with E-state index in [2.05, 4.69) is 0 Å². The van der Waals surface area contributed by atoms with Crippen LogP contribution in [0.3, 0.4) is 0 Å². The van der Waals surface area contributed by atoms with Gasteiger partial charge in [0.1, 0.15) is 6.10 Å². The first-order valence-electron chi connectivity index (χ1n) is 4.41. The fraction of sp³-hybridized carbons (Fsp3) is 0.500. The molecule has 0 aromatic carbocycles. The molecular formula is C10H14O3. The summed E-state index contributed by atoms with van der Waals surface area (Å²) in [7, 11) is 0. The van der Waals surface area contributed by atoms with Crippen LogP contribution < -0.4 is 0 Å². The SMILES string of the molecule is CC(CCC1C=CC=CO1)C(=O)O. The third kappa shape index (κ3) is 3.32. The lowest BCUT2D eigenvalue weighted by atomic mass is 10.0. The molecule has 1 heterocycles. The molecular weight excluding hydrogens is 168 g/mol. The fourth-order valence-electron chi connectivity index (χ4n) is 1.13. The number of carbonyl (C=O) groups is 1. The van der Waals surface area contributed by atoms with Crippen LogP contribution in [0.5, 0.6) is 0 Å². The molecule has 3 nitrogen and oxygen atoms in total. The standard InChI is InChI=1S/C10H14O3/c1-8(10(11)12)5-6-9-4-2-3-7-13-9/h2-4,7-9H,5-6H2,1H3,(H,11,12). The molecule has 3 heteroatoms. The average Bonchev–Trinajstić information content (AvgIpc) is 2.15. The quantitative estimate of drug-likeness (QED) is 0.722. The Labute approximate surface area is 77.7 Å². The van der Waals surface area contributed by atoms with Gasteiger partial charge in [0.15, 0.2) is 0 Å². The minimum atomic E-state index is -0.740. The van der Waals surface area contributed by atoms with Crippen molar-refractivity contribution < 1.29 is 14.6 Å². The lowest BCUT2D eigenvalue weighted by molar-refractivity contribution is -0.141. The Morgan fingerprint density at radius 2 is 2.38 bits per heavy atom. The van der Waals surface area contributed by atoms with Crippen LogP contribution in [0.25, 0.3) is 0 Å². The van der Waals surface area contributed by atoms with Gasteiger partial charge in [-0.1, -0.05) is 13.0 Å². The number of carboxylic acids is 1. The molecule has 0 bridgehead atoms. The monoisotopic (exact) mass is 182 g/mol. The lowest BCUT2D eigenvalue weighted by Crippen LogP contribution is -2.14. The van der Waals surface area contributed by atoms with E-state index in [0.717, 1.165) is 6.42 Å². The third-order valence-electron chi connectivity index (χ3n) is 2.07. The Hall–Kier alpha value is -1.25. The molecule has 0 saturated heterocycles. The summed E-state index contributed by atoms with van der Waals surface area (Å²) < 4.78 is 5.25. The molecule has 72 valence electrons. The Balaban J connectivity index is 2.22. The van der Waals surface area contributed by atoms with Gasteiger partial charge in [-0.2, -0.15) is 0 Å². The molecule has 0 radical (unpaired) electrons. The van der Waals surface area contributed by atoms with Crippen LogP contribution in [-0.4, -0.2) is 17.2 Å². The topological polar surface area (TPSA) is 46.5 Å². The van der Waals surface area contributed by atoms with Gasteiger partial charge in [-0.25, -0.2) is 0 Å². The van der Waals surface area contributed by atoms with Gasteiger partial charge in [0, 0.05) is 0 Å². The van der Waals surface area contributed by atoms with Gasteiger partial charge in [-0.05, 0) is 25.0 Å². The maximum atomic E-state index is 10.5. The highest BCUT2D eigenvalue weighted by molar-refractivity contribution is 5.69. The van der Waals surface area contributed by atoms with Crippen molar-refractivity contribution in [2.45, 2.75) is 25.9 Å². The minimum absolute atomic E-state index is 0.0480. The molecule has 1 aliphatic heterocycles. The van der Waals surface area contributed by atoms with Gasteiger partial charge >= 0.3 is 5.97 Å². The van der Waals surface area contributed by atoms with Crippen molar-refractivity contribution in [3.05, 3.63) is 24.5 Å². The second-order valence-electron chi connectivity index (χ2n) is 3.20. The first kappa shape index (κ1) is 9.84. The first-order valence-corrected chi connectivity index (χ1v) is 4.41. The molecule has 0 aliphatic carbocycles. The second-order valence-corrected chi connectivity index (χ2v) is 3.20. The van der Waals surface area contributed by atoms with Crippen molar-refractivity contribution in [2.75, 3.05) is 0 Å². The molecule has 2 atom stereocenters. The van der Waals surface area contributed by atoms with E-state index in [9.17, 15) is 4.79 Å². The van der Waals surface area contributed by atoms with Crippen LogP contribution in [0.4, 0.5) is 0 Å². The maximum Gasteiger partial charge on any atom is 0.306 e. The highest BCUT2D eigenvalue weighted by Crippen LogP contribution is 2.13. The number of allylic oxidation sites excluding steroid dienone is 2. The van der Waals surface area contributed by atoms with Gasteiger partial charge in [0.2, 0.25) is 0 Å². The highest BCUT2D eigenvalue weighted by atomic mass is 16.5. The van der Waals surface area contributed by atoms with E-state index >= 15 is 0 Å². The van der Waals surface area contributed by atoms with Gasteiger partial charge in [-0.15, -0.1) is 0 Å². The van der Waals surface area contributed by atoms with Crippen LogP contribution in [0.1, 0.15) is 19.8 Å². The normalized spacial score (nSPS) is 22.4. The average molecular weight is 182 g/mol. The van der Waals surface area contributed by atoms with Gasteiger partial charge in [0.05, 0.1) is 12.2 Å². The zero-order valence-electron chi connectivity index (χ0n) is 7.64. The zero-order valence-corrected chi connectivity index (χ0v) is 7.64. The minimum Gasteiger partial charge on any atom is -0.494 e. The first-order chi connectivity index (χ1) is 6.20. The van der Waals surface area contributed by atoms with E-state index in [-0.39, 0.29) is 12.0 Å². The van der Waals surface area contributed by atoms with E-state index in [0.29, 0.717) is 6.42 Å². The van der Waals surface area contributed by atoms with E-state index in [4.69, 9.17) is 9.84 Å². The summed E-state index contributed by atoms with van der Waals surface area (Å²) in [6, 6.07) is 0. The number of hydrogen-bond acceptors (Lipinski definition) is 2. The molecule has 0 fully saturated rings. The highest BCUT2D eigenvalue weighted by Gasteiger charge is 2.14. The second kappa shape index (κ2) is 4.70. The molecule has 1 rings (SSSR count). The van der Waals surface area contributed by atoms with Crippen molar-refractivity contribution in [2.24, 2.45) is 5.92 Å². The van der Waals surface area contributed by atoms with E-state index in [1.54, 1.807) is 13.2 Å². The number of rotatable bonds is 4. The predicted molar refractivity (Wildman–Crippen MR) is 49.2 cm³/mol. The molecule has 1 N–H and O–H groups in total. The third-order valence-corrected chi connectivity index (χ3v) is 2.07. The molecule has 0 spiro atoms. The van der Waals surface area contributed by atoms with Crippen LogP contribution in [-0.2, 0) is 9.53 Å². The van der Waals surface area contributed by atoms with Gasteiger partial charge in [-0.3, -0.25) is 4.79 Å². The molecule has 0 aromatic rings. The van der Waals surface area contributed by atoms with E-state index < -0.39 is 5.97 Å². The Morgan fingerprint density at radius 3 is 2.92 bits per heavy atom. The van der Waals surface area contributed by atoms with Crippen molar-refractivity contribution in [1.82, 2.24) is 0 Å². The number of hydrogen-bond donors (Lipinski definition) is 1. The summed E-state index contributed by atoms with van der Waals surface area (Å²) in [5, 5.41) is 8.64. The molecule has 0 amide bonds. The molecule has 0 saturated carbocycles. The number of ether oxygens (including phenoxy) is 1. The van der Waals surface area contributed by atoms with Gasteiger partial charge < -0.3 is 9.84 Å². The predicted octanol–water partition coefficient (Wildman–Crippen LogP) is 1.96. The summed E-state index contributed by atoms with van der Waals surface area (Å²) in [6.45, 7) is 1.71. The Bertz CT molecular complexity index is 230. The summed E-state index contributed by atoms with van der Waals surface area (Å²) in [4.78, 5) is 10.5. The maximum absolute atomic E-state index is 10.5. The van der Waals surface area contributed by atoms with E-state index in [1.807, 2.05) is 18.2 Å². The smallest absolute Gasteiger partial charge is 0.306 e. The summed E-state index contributed by atoms with van der Waals surface area (Å²) >= 11 is 0. The Kier molecular flexibility index (Phi) is 3.55. The summed E-state index contributed by atoms with van der Waals surface area (Å²) in [6.07, 6.45) is 8.76. The molecule has 0 aromatic heterocycles. The number of carboxylic acid groups (broad SMARTS) is 1. The largest absolute Gasteiger partial charge is 0.494 e. The fourth-order valence-corrected chi connectivity index (χ4v) is 1.13. The van der Waals surface area contributed by atoms with Crippen molar-refractivity contribution >= 4 is 5.97 Å². The zero-order chi connectivity index (χ0) is 9.68. The van der Waals surface area contributed by atoms with Gasteiger partial charge in [0.25, 0.3) is 0 Å². The van der Waals surface area contributed by atoms with Crippen LogP contribution >= 0.6 is 0 Å². The van der Waals surface area contributed by atoms with Crippen molar-refractivity contribution in [3.8, 4) is 0 Å². The van der Waals surface area contributed by atoms with Crippen LogP contribution in [0.15, 0.2) is 24.5 Å². The summed E-state index contributed by atoms with van der Waals surface area (Å²) in [5.74, 6) is -1.03. The lowest BCUT2D eigenvalue weighted by Gasteiger charge is -2.15. The molecule has 2 unspecified atom stereocenters. The molecule has 13 heavy (non-hydrogen) atoms. The number of aliphatic carboxylic acids is 1. The molecule has 1 aliphatic rings. The van der Waals surface area contributed by atoms with Crippen molar-refractivity contribution in [1.29, 1.82) is 0 Å². The Morgan fingerprint density at radius 1 is 1.62 bits per heavy atom. The summed E-state index contributed by atoms with van der Waals surface area (Å²) in [5.41, 5.74) is 0. The van der Waals surface area contributed by atoms with E-state index in [1.165, 1.54) is 0 Å². The van der Waals surface area contributed by atoms with Crippen LogP contribution in [0, 0.1) is 5.92 Å².